The summed E-state index contributed by atoms with van der Waals surface area (Å²) in [5.74, 6) is 1.73. The summed E-state index contributed by atoms with van der Waals surface area (Å²) in [6.07, 6.45) is 3.94. The third-order valence-electron chi connectivity index (χ3n) is 6.18. The number of nitrogens with zero attached hydrogens (tertiary/aromatic N) is 4. The number of carbonyl (C=O) groups is 1. The second-order valence-electron chi connectivity index (χ2n) is 8.10. The topological polar surface area (TPSA) is 62.5 Å². The predicted molar refractivity (Wildman–Crippen MR) is 102 cm³/mol. The summed E-state index contributed by atoms with van der Waals surface area (Å²) in [6.45, 7) is 5.66. The van der Waals surface area contributed by atoms with Gasteiger partial charge in [-0.25, -0.2) is 0 Å². The lowest BCUT2D eigenvalue weighted by Gasteiger charge is -2.49. The number of rotatable bonds is 4. The van der Waals surface area contributed by atoms with Crippen molar-refractivity contribution >= 4 is 5.91 Å². The lowest BCUT2D eigenvalue weighted by molar-refractivity contribution is -0.139. The van der Waals surface area contributed by atoms with Gasteiger partial charge in [-0.15, -0.1) is 0 Å². The van der Waals surface area contributed by atoms with Crippen LogP contribution in [0.5, 0.6) is 0 Å². The molecule has 1 aromatic heterocycles. The van der Waals surface area contributed by atoms with Gasteiger partial charge in [0.25, 0.3) is 0 Å². The quantitative estimate of drug-likeness (QED) is 0.830. The van der Waals surface area contributed by atoms with E-state index in [1.165, 1.54) is 0 Å². The molecule has 0 bridgehead atoms. The molecular formula is C21H28N4O2. The van der Waals surface area contributed by atoms with Crippen molar-refractivity contribution in [2.75, 3.05) is 26.7 Å². The maximum atomic E-state index is 12.8. The fraction of sp³-hybridized carbons (Fsp3) is 0.571. The molecule has 144 valence electrons. The molecule has 1 atom stereocenters. The molecule has 1 amide bonds. The first kappa shape index (κ1) is 18.2. The fourth-order valence-electron chi connectivity index (χ4n) is 4.62. The highest BCUT2D eigenvalue weighted by atomic mass is 16.5. The van der Waals surface area contributed by atoms with Crippen LogP contribution in [0.4, 0.5) is 0 Å². The summed E-state index contributed by atoms with van der Waals surface area (Å²) < 4.78 is 5.22. The van der Waals surface area contributed by atoms with Crippen LogP contribution in [0.15, 0.2) is 34.9 Å². The van der Waals surface area contributed by atoms with Gasteiger partial charge in [-0.05, 0) is 43.3 Å². The minimum absolute atomic E-state index is 0.0131. The van der Waals surface area contributed by atoms with Crippen molar-refractivity contribution in [2.45, 2.75) is 45.1 Å². The number of aromatic nitrogens is 2. The van der Waals surface area contributed by atoms with Gasteiger partial charge in [-0.1, -0.05) is 42.4 Å². The van der Waals surface area contributed by atoms with E-state index in [0.29, 0.717) is 5.89 Å². The zero-order chi connectivity index (χ0) is 18.9. The van der Waals surface area contributed by atoms with Crippen molar-refractivity contribution in [1.82, 2.24) is 19.9 Å². The first-order valence-electron chi connectivity index (χ1n) is 9.92. The van der Waals surface area contributed by atoms with Crippen LogP contribution in [0.3, 0.4) is 0 Å². The van der Waals surface area contributed by atoms with E-state index in [4.69, 9.17) is 4.52 Å². The summed E-state index contributed by atoms with van der Waals surface area (Å²) in [4.78, 5) is 21.6. The van der Waals surface area contributed by atoms with E-state index in [0.717, 1.165) is 63.3 Å². The van der Waals surface area contributed by atoms with Crippen LogP contribution in [0, 0.1) is 5.41 Å². The van der Waals surface area contributed by atoms with Gasteiger partial charge in [0, 0.05) is 20.0 Å². The maximum absolute atomic E-state index is 12.8. The Bertz CT molecular complexity index is 780. The lowest BCUT2D eigenvalue weighted by Crippen LogP contribution is -2.52. The van der Waals surface area contributed by atoms with Crippen LogP contribution in [-0.4, -0.2) is 52.5 Å². The van der Waals surface area contributed by atoms with E-state index in [1.807, 2.05) is 37.1 Å². The Morgan fingerprint density at radius 2 is 1.96 bits per heavy atom. The van der Waals surface area contributed by atoms with Gasteiger partial charge in [0.1, 0.15) is 0 Å². The number of benzene rings is 1. The molecule has 3 heterocycles. The third kappa shape index (κ3) is 3.76. The molecule has 0 aliphatic carbocycles. The van der Waals surface area contributed by atoms with Crippen molar-refractivity contribution in [1.29, 1.82) is 0 Å². The Hall–Kier alpha value is -2.21. The van der Waals surface area contributed by atoms with E-state index in [2.05, 4.69) is 27.2 Å². The van der Waals surface area contributed by atoms with Crippen molar-refractivity contribution in [3.8, 4) is 0 Å². The van der Waals surface area contributed by atoms with Crippen LogP contribution in [-0.2, 0) is 17.8 Å². The van der Waals surface area contributed by atoms with Crippen molar-refractivity contribution in [3.05, 3.63) is 47.6 Å². The average Bonchev–Trinajstić information content (AvgIpc) is 3.15. The maximum Gasteiger partial charge on any atom is 0.229 e. The number of hydrogen-bond donors (Lipinski definition) is 0. The highest BCUT2D eigenvalue weighted by Crippen LogP contribution is 2.45. The molecule has 1 aromatic carbocycles. The monoisotopic (exact) mass is 368 g/mol. The van der Waals surface area contributed by atoms with E-state index in [9.17, 15) is 4.79 Å². The molecule has 0 N–H and O–H groups in total. The Kier molecular flexibility index (Phi) is 5.00. The number of piperidine rings is 2. The molecule has 2 aliphatic rings. The molecular weight excluding hydrogens is 340 g/mol. The van der Waals surface area contributed by atoms with Gasteiger partial charge in [0.05, 0.1) is 12.5 Å². The zero-order valence-electron chi connectivity index (χ0n) is 16.2. The number of amides is 1. The van der Waals surface area contributed by atoms with Gasteiger partial charge >= 0.3 is 0 Å². The Labute approximate surface area is 160 Å². The van der Waals surface area contributed by atoms with Crippen LogP contribution < -0.4 is 0 Å². The third-order valence-corrected chi connectivity index (χ3v) is 6.18. The van der Waals surface area contributed by atoms with E-state index >= 15 is 0 Å². The number of carbonyl (C=O) groups excluding carboxylic acids is 1. The molecule has 0 saturated carbocycles. The summed E-state index contributed by atoms with van der Waals surface area (Å²) in [6, 6.07) is 10.2. The average molecular weight is 368 g/mol. The molecule has 0 unspecified atom stereocenters. The largest absolute Gasteiger partial charge is 0.345 e. The van der Waals surface area contributed by atoms with Crippen molar-refractivity contribution in [2.24, 2.45) is 5.41 Å². The van der Waals surface area contributed by atoms with Crippen molar-refractivity contribution < 1.29 is 9.32 Å². The minimum Gasteiger partial charge on any atom is -0.345 e. The van der Waals surface area contributed by atoms with Crippen LogP contribution in [0.2, 0.25) is 0 Å². The molecule has 2 aliphatic heterocycles. The Morgan fingerprint density at radius 1 is 1.22 bits per heavy atom. The highest BCUT2D eigenvalue weighted by molar-refractivity contribution is 5.84. The summed E-state index contributed by atoms with van der Waals surface area (Å²) in [5, 5.41) is 4.08. The molecule has 2 saturated heterocycles. The molecule has 0 radical (unpaired) electrons. The number of hydrogen-bond acceptors (Lipinski definition) is 5. The van der Waals surface area contributed by atoms with Crippen LogP contribution >= 0.6 is 0 Å². The van der Waals surface area contributed by atoms with Gasteiger partial charge in [-0.2, -0.15) is 4.98 Å². The van der Waals surface area contributed by atoms with Gasteiger partial charge < -0.3 is 9.42 Å². The van der Waals surface area contributed by atoms with Gasteiger partial charge in [0.2, 0.25) is 11.8 Å². The fourth-order valence-corrected chi connectivity index (χ4v) is 4.62. The second kappa shape index (κ2) is 7.43. The molecule has 6 nitrogen and oxygen atoms in total. The number of aryl methyl sites for hydroxylation is 1. The normalized spacial score (nSPS) is 23.1. The zero-order valence-corrected chi connectivity index (χ0v) is 16.2. The summed E-state index contributed by atoms with van der Waals surface area (Å²) in [5.41, 5.74) is 1.36. The first-order chi connectivity index (χ1) is 13.1. The van der Waals surface area contributed by atoms with Crippen LogP contribution in [0.25, 0.3) is 0 Å². The SMILES string of the molecule is CCc1nc(CN2CCC3(CC2)C[C@H](c2ccccc2)C(=O)N(C)C3)no1. The predicted octanol–water partition coefficient (Wildman–Crippen LogP) is 2.86. The highest BCUT2D eigenvalue weighted by Gasteiger charge is 2.45. The summed E-state index contributed by atoms with van der Waals surface area (Å²) in [7, 11) is 1.96. The molecule has 4 rings (SSSR count). The van der Waals surface area contributed by atoms with Gasteiger partial charge in [0.15, 0.2) is 5.82 Å². The molecule has 27 heavy (non-hydrogen) atoms. The molecule has 6 heteroatoms. The smallest absolute Gasteiger partial charge is 0.229 e. The van der Waals surface area contributed by atoms with E-state index in [1.54, 1.807) is 0 Å². The number of likely N-dealkylation sites (tertiary alicyclic amines) is 2. The second-order valence-corrected chi connectivity index (χ2v) is 8.10. The first-order valence-corrected chi connectivity index (χ1v) is 9.92. The molecule has 2 fully saturated rings. The standard InChI is InChI=1S/C21H28N4O2/c1-3-19-22-18(23-27-19)14-25-11-9-21(10-12-25)13-17(20(26)24(2)15-21)16-7-5-4-6-8-16/h4-8,17H,3,9-15H2,1-2H3/t17-/m1/s1. The Balaban J connectivity index is 1.42. The molecule has 1 spiro atoms. The van der Waals surface area contributed by atoms with Crippen molar-refractivity contribution in [3.63, 3.8) is 0 Å². The minimum atomic E-state index is -0.0131. The molecule has 2 aromatic rings. The van der Waals surface area contributed by atoms with Gasteiger partial charge in [-0.3, -0.25) is 9.69 Å². The lowest BCUT2D eigenvalue weighted by atomic mass is 9.68. The number of likely N-dealkylation sites (N-methyl/N-ethyl adjacent to an activating group) is 1. The van der Waals surface area contributed by atoms with Crippen LogP contribution in [0.1, 0.15) is 49.4 Å². The summed E-state index contributed by atoms with van der Waals surface area (Å²) >= 11 is 0. The van der Waals surface area contributed by atoms with E-state index < -0.39 is 0 Å². The van der Waals surface area contributed by atoms with E-state index in [-0.39, 0.29) is 17.2 Å². The Morgan fingerprint density at radius 3 is 2.63 bits per heavy atom.